The molecule has 2 aromatic carbocycles. The Balaban J connectivity index is 1.56. The highest BCUT2D eigenvalue weighted by Crippen LogP contribution is 2.36. The predicted molar refractivity (Wildman–Crippen MR) is 69.1 cm³/mol. The van der Waals surface area contributed by atoms with Gasteiger partial charge in [0.15, 0.2) is 0 Å². The second-order valence-electron chi connectivity index (χ2n) is 4.94. The van der Waals surface area contributed by atoms with Crippen LogP contribution in [-0.2, 0) is 12.8 Å². The van der Waals surface area contributed by atoms with Gasteiger partial charge in [0.2, 0.25) is 0 Å². The summed E-state index contributed by atoms with van der Waals surface area (Å²) in [5.41, 5.74) is 2.59. The maximum Gasteiger partial charge on any atom is 0.140 e. The van der Waals surface area contributed by atoms with Crippen LogP contribution < -0.4 is 9.47 Å². The van der Waals surface area contributed by atoms with Crippen molar-refractivity contribution in [3.63, 3.8) is 0 Å². The molecule has 0 radical (unpaired) electrons. The standard InChI is InChI=1S/C16H14O2/c1-3-7-13-11(5-1)9-15(17-13)16-10-12-6-2-4-8-14(12)18-16/h1-8,15-16H,9-10H2. The van der Waals surface area contributed by atoms with Gasteiger partial charge in [-0.05, 0) is 23.3 Å². The molecule has 2 nitrogen and oxygen atoms in total. The fourth-order valence-corrected chi connectivity index (χ4v) is 2.83. The SMILES string of the molecule is c1ccc2c(c1)CC(C1Cc3ccccc3O1)O2. The van der Waals surface area contributed by atoms with Crippen molar-refractivity contribution in [1.82, 2.24) is 0 Å². The third-order valence-corrected chi connectivity index (χ3v) is 3.76. The zero-order valence-corrected chi connectivity index (χ0v) is 10.0. The zero-order chi connectivity index (χ0) is 11.9. The van der Waals surface area contributed by atoms with Crippen molar-refractivity contribution in [2.75, 3.05) is 0 Å². The van der Waals surface area contributed by atoms with E-state index in [2.05, 4.69) is 24.3 Å². The third-order valence-electron chi connectivity index (χ3n) is 3.76. The molecule has 0 fully saturated rings. The van der Waals surface area contributed by atoms with E-state index in [1.54, 1.807) is 0 Å². The van der Waals surface area contributed by atoms with Gasteiger partial charge in [-0.15, -0.1) is 0 Å². The van der Waals surface area contributed by atoms with E-state index in [-0.39, 0.29) is 12.2 Å². The first-order valence-electron chi connectivity index (χ1n) is 6.39. The lowest BCUT2D eigenvalue weighted by molar-refractivity contribution is 0.0845. The van der Waals surface area contributed by atoms with Crippen molar-refractivity contribution in [1.29, 1.82) is 0 Å². The molecule has 0 bridgehead atoms. The van der Waals surface area contributed by atoms with Crippen LogP contribution in [0.25, 0.3) is 0 Å². The minimum absolute atomic E-state index is 0.148. The van der Waals surface area contributed by atoms with Crippen molar-refractivity contribution >= 4 is 0 Å². The van der Waals surface area contributed by atoms with Crippen molar-refractivity contribution in [2.24, 2.45) is 0 Å². The minimum atomic E-state index is 0.148. The Morgan fingerprint density at radius 3 is 1.56 bits per heavy atom. The number of benzene rings is 2. The van der Waals surface area contributed by atoms with Gasteiger partial charge in [-0.3, -0.25) is 0 Å². The van der Waals surface area contributed by atoms with Gasteiger partial charge in [0.25, 0.3) is 0 Å². The number of hydrogen-bond donors (Lipinski definition) is 0. The van der Waals surface area contributed by atoms with Crippen LogP contribution in [-0.4, -0.2) is 12.2 Å². The molecule has 2 heterocycles. The first-order valence-corrected chi connectivity index (χ1v) is 6.39. The Morgan fingerprint density at radius 1 is 0.667 bits per heavy atom. The summed E-state index contributed by atoms with van der Waals surface area (Å²) < 4.78 is 12.0. The summed E-state index contributed by atoms with van der Waals surface area (Å²) in [6.45, 7) is 0. The summed E-state index contributed by atoms with van der Waals surface area (Å²) in [5, 5.41) is 0. The first-order chi connectivity index (χ1) is 8.90. The molecule has 2 aliphatic heterocycles. The average Bonchev–Trinajstić information content (AvgIpc) is 3.02. The van der Waals surface area contributed by atoms with Gasteiger partial charge in [0, 0.05) is 12.8 Å². The van der Waals surface area contributed by atoms with E-state index in [1.165, 1.54) is 11.1 Å². The van der Waals surface area contributed by atoms with Crippen LogP contribution in [0.1, 0.15) is 11.1 Å². The van der Waals surface area contributed by atoms with Crippen LogP contribution in [0.2, 0.25) is 0 Å². The van der Waals surface area contributed by atoms with Crippen LogP contribution in [0.3, 0.4) is 0 Å². The molecule has 2 atom stereocenters. The Bertz CT molecular complexity index is 488. The van der Waals surface area contributed by atoms with E-state index < -0.39 is 0 Å². The van der Waals surface area contributed by atoms with Gasteiger partial charge >= 0.3 is 0 Å². The number of rotatable bonds is 1. The number of fused-ring (bicyclic) bond motifs is 2. The molecule has 0 saturated heterocycles. The molecule has 0 aliphatic carbocycles. The molecule has 18 heavy (non-hydrogen) atoms. The van der Waals surface area contributed by atoms with Gasteiger partial charge in [0.05, 0.1) is 0 Å². The summed E-state index contributed by atoms with van der Waals surface area (Å²) in [4.78, 5) is 0. The maximum atomic E-state index is 6.00. The summed E-state index contributed by atoms with van der Waals surface area (Å²) in [6, 6.07) is 16.5. The predicted octanol–water partition coefficient (Wildman–Crippen LogP) is 2.99. The van der Waals surface area contributed by atoms with Crippen molar-refractivity contribution in [3.8, 4) is 11.5 Å². The van der Waals surface area contributed by atoms with Crippen LogP contribution in [0.4, 0.5) is 0 Å². The van der Waals surface area contributed by atoms with Gasteiger partial charge < -0.3 is 9.47 Å². The zero-order valence-electron chi connectivity index (χ0n) is 10.0. The maximum absolute atomic E-state index is 6.00. The Hall–Kier alpha value is -1.96. The van der Waals surface area contributed by atoms with Crippen molar-refractivity contribution < 1.29 is 9.47 Å². The molecule has 90 valence electrons. The van der Waals surface area contributed by atoms with E-state index in [1.807, 2.05) is 24.3 Å². The Morgan fingerprint density at radius 2 is 1.11 bits per heavy atom. The molecular weight excluding hydrogens is 224 g/mol. The Kier molecular flexibility index (Phi) is 2.10. The highest BCUT2D eigenvalue weighted by atomic mass is 16.5. The summed E-state index contributed by atoms with van der Waals surface area (Å²) in [6.07, 6.45) is 2.20. The molecule has 0 aromatic heterocycles. The lowest BCUT2D eigenvalue weighted by Gasteiger charge is -2.18. The lowest BCUT2D eigenvalue weighted by atomic mass is 10.0. The van der Waals surface area contributed by atoms with E-state index in [4.69, 9.17) is 9.47 Å². The van der Waals surface area contributed by atoms with Crippen LogP contribution in [0, 0.1) is 0 Å². The van der Waals surface area contributed by atoms with Crippen molar-refractivity contribution in [2.45, 2.75) is 25.0 Å². The van der Waals surface area contributed by atoms with Gasteiger partial charge in [-0.1, -0.05) is 36.4 Å². The molecule has 0 saturated carbocycles. The molecule has 0 spiro atoms. The first kappa shape index (κ1) is 10.0. The second kappa shape index (κ2) is 3.77. The van der Waals surface area contributed by atoms with Crippen molar-refractivity contribution in [3.05, 3.63) is 59.7 Å². The van der Waals surface area contributed by atoms with Gasteiger partial charge in [-0.2, -0.15) is 0 Å². The van der Waals surface area contributed by atoms with E-state index >= 15 is 0 Å². The van der Waals surface area contributed by atoms with Crippen LogP contribution in [0.5, 0.6) is 11.5 Å². The molecule has 0 amide bonds. The highest BCUT2D eigenvalue weighted by molar-refractivity contribution is 5.41. The lowest BCUT2D eigenvalue weighted by Crippen LogP contribution is -2.33. The largest absolute Gasteiger partial charge is 0.486 e. The topological polar surface area (TPSA) is 18.5 Å². The fourth-order valence-electron chi connectivity index (χ4n) is 2.83. The minimum Gasteiger partial charge on any atom is -0.486 e. The highest BCUT2D eigenvalue weighted by Gasteiger charge is 2.35. The monoisotopic (exact) mass is 238 g/mol. The van der Waals surface area contributed by atoms with E-state index in [0.29, 0.717) is 0 Å². The summed E-state index contributed by atoms with van der Waals surface area (Å²) in [5.74, 6) is 2.03. The third kappa shape index (κ3) is 1.49. The van der Waals surface area contributed by atoms with Gasteiger partial charge in [0.1, 0.15) is 23.7 Å². The van der Waals surface area contributed by atoms with E-state index in [9.17, 15) is 0 Å². The smallest absolute Gasteiger partial charge is 0.140 e. The van der Waals surface area contributed by atoms with Gasteiger partial charge in [-0.25, -0.2) is 0 Å². The molecular formula is C16H14O2. The van der Waals surface area contributed by atoms with Crippen LogP contribution >= 0.6 is 0 Å². The average molecular weight is 238 g/mol. The number of hydrogen-bond acceptors (Lipinski definition) is 2. The molecule has 2 heteroatoms. The normalized spacial score (nSPS) is 24.0. The summed E-state index contributed by atoms with van der Waals surface area (Å²) in [7, 11) is 0. The second-order valence-corrected chi connectivity index (χ2v) is 4.94. The van der Waals surface area contributed by atoms with Crippen LogP contribution in [0.15, 0.2) is 48.5 Å². The molecule has 2 unspecified atom stereocenters. The number of para-hydroxylation sites is 2. The molecule has 4 rings (SSSR count). The molecule has 2 aliphatic rings. The molecule has 0 N–H and O–H groups in total. The van der Waals surface area contributed by atoms with E-state index in [0.717, 1.165) is 24.3 Å². The quantitative estimate of drug-likeness (QED) is 0.760. The Labute approximate surface area is 106 Å². The number of ether oxygens (including phenoxy) is 2. The molecule has 2 aromatic rings. The fraction of sp³-hybridized carbons (Fsp3) is 0.250. The summed E-state index contributed by atoms with van der Waals surface area (Å²) >= 11 is 0.